The first kappa shape index (κ1) is 8.28. The Kier molecular flexibility index (Phi) is 3.85. The summed E-state index contributed by atoms with van der Waals surface area (Å²) < 4.78 is 0. The average molecular weight is 125 g/mol. The molecule has 0 spiro atoms. The van der Waals surface area contributed by atoms with E-state index in [9.17, 15) is 0 Å². The van der Waals surface area contributed by atoms with E-state index in [0.29, 0.717) is 0 Å². The first-order chi connectivity index (χ1) is 4.22. The average Bonchev–Trinajstić information content (AvgIpc) is 1.87. The molecular weight excluding hydrogens is 110 g/mol. The zero-order chi connectivity index (χ0) is 7.28. The Hall–Kier alpha value is -0.720. The lowest BCUT2D eigenvalue weighted by Crippen LogP contribution is -2.03. The van der Waals surface area contributed by atoms with Gasteiger partial charge < -0.3 is 5.32 Å². The van der Waals surface area contributed by atoms with Crippen LogP contribution in [0.5, 0.6) is 0 Å². The summed E-state index contributed by atoms with van der Waals surface area (Å²) in [6, 6.07) is 0. The molecule has 0 amide bonds. The first-order valence-electron chi connectivity index (χ1n) is 3.20. The van der Waals surface area contributed by atoms with Gasteiger partial charge in [0, 0.05) is 12.7 Å². The number of hydrogen-bond donors (Lipinski definition) is 1. The van der Waals surface area contributed by atoms with Gasteiger partial charge in [0.1, 0.15) is 0 Å². The van der Waals surface area contributed by atoms with Gasteiger partial charge in [-0.05, 0) is 26.3 Å². The molecule has 0 rings (SSSR count). The minimum atomic E-state index is 1.23. The summed E-state index contributed by atoms with van der Waals surface area (Å²) in [6.45, 7) is 6.17. The molecule has 0 saturated heterocycles. The molecule has 1 N–H and O–H groups in total. The SMILES string of the molecule is C/C=C\C(C)=C(\C)NC. The molecule has 0 atom stereocenters. The van der Waals surface area contributed by atoms with Crippen LogP contribution in [0.3, 0.4) is 0 Å². The van der Waals surface area contributed by atoms with Crippen molar-refractivity contribution < 1.29 is 0 Å². The highest BCUT2D eigenvalue weighted by Gasteiger charge is 1.85. The normalized spacial score (nSPS) is 13.8. The molecule has 52 valence electrons. The molecular formula is C8H15N. The summed E-state index contributed by atoms with van der Waals surface area (Å²) >= 11 is 0. The highest BCUT2D eigenvalue weighted by molar-refractivity contribution is 5.20. The third-order valence-corrected chi connectivity index (χ3v) is 1.38. The summed E-state index contributed by atoms with van der Waals surface area (Å²) in [5.41, 5.74) is 2.52. The van der Waals surface area contributed by atoms with E-state index >= 15 is 0 Å². The smallest absolute Gasteiger partial charge is 0.0102 e. The second-order valence-corrected chi connectivity index (χ2v) is 2.06. The highest BCUT2D eigenvalue weighted by atomic mass is 14.8. The first-order valence-corrected chi connectivity index (χ1v) is 3.20. The van der Waals surface area contributed by atoms with Crippen LogP contribution in [-0.4, -0.2) is 7.05 Å². The van der Waals surface area contributed by atoms with Crippen molar-refractivity contribution in [1.29, 1.82) is 0 Å². The van der Waals surface area contributed by atoms with E-state index in [2.05, 4.69) is 25.2 Å². The van der Waals surface area contributed by atoms with Gasteiger partial charge in [0.25, 0.3) is 0 Å². The van der Waals surface area contributed by atoms with Crippen LogP contribution in [0.4, 0.5) is 0 Å². The van der Waals surface area contributed by atoms with Crippen LogP contribution in [-0.2, 0) is 0 Å². The lowest BCUT2D eigenvalue weighted by molar-refractivity contribution is 0.969. The second kappa shape index (κ2) is 4.19. The van der Waals surface area contributed by atoms with Gasteiger partial charge in [0.05, 0.1) is 0 Å². The van der Waals surface area contributed by atoms with E-state index in [1.807, 2.05) is 20.0 Å². The van der Waals surface area contributed by atoms with E-state index < -0.39 is 0 Å². The van der Waals surface area contributed by atoms with Crippen molar-refractivity contribution in [3.8, 4) is 0 Å². The van der Waals surface area contributed by atoms with Crippen molar-refractivity contribution >= 4 is 0 Å². The van der Waals surface area contributed by atoms with E-state index in [0.717, 1.165) is 0 Å². The van der Waals surface area contributed by atoms with Crippen LogP contribution in [0, 0.1) is 0 Å². The largest absolute Gasteiger partial charge is 0.391 e. The van der Waals surface area contributed by atoms with Crippen LogP contribution in [0.25, 0.3) is 0 Å². The maximum absolute atomic E-state index is 3.08. The third kappa shape index (κ3) is 2.96. The molecule has 1 heteroatoms. The Bertz CT molecular complexity index is 132. The summed E-state index contributed by atoms with van der Waals surface area (Å²) in [5.74, 6) is 0. The summed E-state index contributed by atoms with van der Waals surface area (Å²) in [4.78, 5) is 0. The van der Waals surface area contributed by atoms with E-state index in [-0.39, 0.29) is 0 Å². The standard InChI is InChI=1S/C8H15N/c1-5-6-7(2)8(3)9-4/h5-6,9H,1-4H3/b6-5-,8-7-. The molecule has 0 radical (unpaired) electrons. The fourth-order valence-corrected chi connectivity index (χ4v) is 0.572. The van der Waals surface area contributed by atoms with Gasteiger partial charge in [-0.25, -0.2) is 0 Å². The third-order valence-electron chi connectivity index (χ3n) is 1.38. The maximum atomic E-state index is 3.08. The molecule has 0 saturated carbocycles. The monoisotopic (exact) mass is 125 g/mol. The Labute approximate surface area is 57.5 Å². The minimum Gasteiger partial charge on any atom is -0.391 e. The molecule has 0 fully saturated rings. The van der Waals surface area contributed by atoms with Gasteiger partial charge in [-0.1, -0.05) is 12.2 Å². The molecule has 0 aliphatic rings. The van der Waals surface area contributed by atoms with Crippen molar-refractivity contribution in [3.63, 3.8) is 0 Å². The van der Waals surface area contributed by atoms with Gasteiger partial charge >= 0.3 is 0 Å². The zero-order valence-electron chi connectivity index (χ0n) is 6.65. The molecule has 0 aliphatic heterocycles. The molecule has 0 unspecified atom stereocenters. The Morgan fingerprint density at radius 2 is 1.89 bits per heavy atom. The van der Waals surface area contributed by atoms with Gasteiger partial charge in [0.2, 0.25) is 0 Å². The Balaban J connectivity index is 4.10. The minimum absolute atomic E-state index is 1.23. The van der Waals surface area contributed by atoms with E-state index in [1.54, 1.807) is 0 Å². The Morgan fingerprint density at radius 3 is 2.22 bits per heavy atom. The van der Waals surface area contributed by atoms with Crippen LogP contribution >= 0.6 is 0 Å². The topological polar surface area (TPSA) is 12.0 Å². The number of nitrogens with one attached hydrogen (secondary N) is 1. The predicted octanol–water partition coefficient (Wildman–Crippen LogP) is 2.08. The van der Waals surface area contributed by atoms with Crippen molar-refractivity contribution in [2.24, 2.45) is 0 Å². The van der Waals surface area contributed by atoms with Crippen LogP contribution < -0.4 is 5.32 Å². The zero-order valence-corrected chi connectivity index (χ0v) is 6.65. The van der Waals surface area contributed by atoms with Crippen molar-refractivity contribution in [2.75, 3.05) is 7.05 Å². The lowest BCUT2D eigenvalue weighted by atomic mass is 10.2. The van der Waals surface area contributed by atoms with Gasteiger partial charge in [-0.2, -0.15) is 0 Å². The van der Waals surface area contributed by atoms with Crippen LogP contribution in [0.1, 0.15) is 20.8 Å². The molecule has 0 heterocycles. The second-order valence-electron chi connectivity index (χ2n) is 2.06. The number of allylic oxidation sites excluding steroid dienone is 4. The summed E-state index contributed by atoms with van der Waals surface area (Å²) in [6.07, 6.45) is 4.13. The van der Waals surface area contributed by atoms with Crippen LogP contribution in [0.2, 0.25) is 0 Å². The number of rotatable bonds is 2. The van der Waals surface area contributed by atoms with E-state index in [4.69, 9.17) is 0 Å². The quantitative estimate of drug-likeness (QED) is 0.557. The van der Waals surface area contributed by atoms with Crippen molar-refractivity contribution in [3.05, 3.63) is 23.4 Å². The fraction of sp³-hybridized carbons (Fsp3) is 0.500. The summed E-state index contributed by atoms with van der Waals surface area (Å²) in [5, 5.41) is 3.08. The molecule has 0 aliphatic carbocycles. The molecule has 0 bridgehead atoms. The Morgan fingerprint density at radius 1 is 1.33 bits per heavy atom. The van der Waals surface area contributed by atoms with E-state index in [1.165, 1.54) is 11.3 Å². The molecule has 0 aromatic rings. The van der Waals surface area contributed by atoms with Crippen molar-refractivity contribution in [2.45, 2.75) is 20.8 Å². The molecule has 9 heavy (non-hydrogen) atoms. The van der Waals surface area contributed by atoms with Gasteiger partial charge in [-0.15, -0.1) is 0 Å². The van der Waals surface area contributed by atoms with Gasteiger partial charge in [-0.3, -0.25) is 0 Å². The number of hydrogen-bond acceptors (Lipinski definition) is 1. The van der Waals surface area contributed by atoms with Crippen LogP contribution in [0.15, 0.2) is 23.4 Å². The maximum Gasteiger partial charge on any atom is 0.0102 e. The summed E-state index contributed by atoms with van der Waals surface area (Å²) in [7, 11) is 1.93. The van der Waals surface area contributed by atoms with Crippen molar-refractivity contribution in [1.82, 2.24) is 5.32 Å². The fourth-order valence-electron chi connectivity index (χ4n) is 0.572. The predicted molar refractivity (Wildman–Crippen MR) is 42.2 cm³/mol. The molecule has 1 nitrogen and oxygen atoms in total. The lowest BCUT2D eigenvalue weighted by Gasteiger charge is -2.00. The van der Waals surface area contributed by atoms with Gasteiger partial charge in [0.15, 0.2) is 0 Å². The highest BCUT2D eigenvalue weighted by Crippen LogP contribution is 1.99. The molecule has 0 aromatic heterocycles. The molecule has 0 aromatic carbocycles.